The standard InChI is InChI=1S/C25H25N3O3S.C2H6/c1-5-27-24(29)21-12-18-19(13-28(4)25(30)23(18)32-21)17-11-16(26)9-10-20(17)31-22-14(2)7-6-8-15(22)3;1-2/h6-13H,5,26H2,1-4H3,(H,27,29);1-2H3. The van der Waals surface area contributed by atoms with Gasteiger partial charge in [-0.2, -0.15) is 0 Å². The van der Waals surface area contributed by atoms with E-state index in [2.05, 4.69) is 5.32 Å². The van der Waals surface area contributed by atoms with Gasteiger partial charge >= 0.3 is 0 Å². The Labute approximate surface area is 204 Å². The van der Waals surface area contributed by atoms with Crippen molar-refractivity contribution in [2.24, 2.45) is 7.05 Å². The van der Waals surface area contributed by atoms with E-state index >= 15 is 0 Å². The van der Waals surface area contributed by atoms with E-state index < -0.39 is 0 Å². The lowest BCUT2D eigenvalue weighted by Crippen LogP contribution is -2.21. The van der Waals surface area contributed by atoms with Gasteiger partial charge in [0.1, 0.15) is 16.2 Å². The number of thiophene rings is 1. The van der Waals surface area contributed by atoms with Gasteiger partial charge in [-0.1, -0.05) is 32.0 Å². The van der Waals surface area contributed by atoms with Crippen molar-refractivity contribution in [3.63, 3.8) is 0 Å². The molecule has 3 N–H and O–H groups in total. The predicted molar refractivity (Wildman–Crippen MR) is 142 cm³/mol. The first-order valence-corrected chi connectivity index (χ1v) is 12.2. The number of fused-ring (bicyclic) bond motifs is 1. The van der Waals surface area contributed by atoms with Crippen LogP contribution in [0.4, 0.5) is 5.69 Å². The third kappa shape index (κ3) is 4.84. The molecule has 2 aromatic heterocycles. The molecule has 1 amide bonds. The Morgan fingerprint density at radius 3 is 2.41 bits per heavy atom. The van der Waals surface area contributed by atoms with E-state index in [4.69, 9.17) is 10.5 Å². The predicted octanol–water partition coefficient (Wildman–Crippen LogP) is 6.03. The molecule has 0 atom stereocenters. The minimum Gasteiger partial charge on any atom is -0.456 e. The second-order valence-corrected chi connectivity index (χ2v) is 8.80. The van der Waals surface area contributed by atoms with Gasteiger partial charge in [0.25, 0.3) is 11.5 Å². The van der Waals surface area contributed by atoms with E-state index in [1.807, 2.05) is 65.0 Å². The summed E-state index contributed by atoms with van der Waals surface area (Å²) in [5, 5.41) is 3.50. The number of aromatic nitrogens is 1. The number of hydrogen-bond acceptors (Lipinski definition) is 5. The Morgan fingerprint density at radius 1 is 1.09 bits per heavy atom. The van der Waals surface area contributed by atoms with Gasteiger partial charge < -0.3 is 20.4 Å². The van der Waals surface area contributed by atoms with Gasteiger partial charge in [0.2, 0.25) is 0 Å². The van der Waals surface area contributed by atoms with Gasteiger partial charge in [-0.15, -0.1) is 11.3 Å². The summed E-state index contributed by atoms with van der Waals surface area (Å²) in [6.07, 6.45) is 1.77. The Balaban J connectivity index is 0.00000158. The largest absolute Gasteiger partial charge is 0.456 e. The van der Waals surface area contributed by atoms with E-state index in [0.29, 0.717) is 32.9 Å². The monoisotopic (exact) mass is 477 g/mol. The molecule has 0 unspecified atom stereocenters. The van der Waals surface area contributed by atoms with Crippen LogP contribution in [0.3, 0.4) is 0 Å². The van der Waals surface area contributed by atoms with Crippen molar-refractivity contribution < 1.29 is 9.53 Å². The lowest BCUT2D eigenvalue weighted by atomic mass is 10.0. The number of pyridine rings is 1. The van der Waals surface area contributed by atoms with Crippen molar-refractivity contribution in [1.82, 2.24) is 9.88 Å². The third-order valence-corrected chi connectivity index (χ3v) is 6.46. The Bertz CT molecular complexity index is 1380. The van der Waals surface area contributed by atoms with E-state index in [0.717, 1.165) is 28.0 Å². The van der Waals surface area contributed by atoms with E-state index in [9.17, 15) is 9.59 Å². The van der Waals surface area contributed by atoms with Crippen LogP contribution in [0.5, 0.6) is 11.5 Å². The fraction of sp³-hybridized carbons (Fsp3) is 0.259. The van der Waals surface area contributed by atoms with Crippen LogP contribution in [0.1, 0.15) is 41.6 Å². The van der Waals surface area contributed by atoms with Crippen molar-refractivity contribution >= 4 is 33.0 Å². The minimum absolute atomic E-state index is 0.148. The van der Waals surface area contributed by atoms with Crippen LogP contribution in [0, 0.1) is 13.8 Å². The highest BCUT2D eigenvalue weighted by molar-refractivity contribution is 7.20. The van der Waals surface area contributed by atoms with Crippen LogP contribution >= 0.6 is 11.3 Å². The molecule has 0 spiro atoms. The molecule has 0 saturated heterocycles. The number of nitrogens with one attached hydrogen (secondary N) is 1. The van der Waals surface area contributed by atoms with Crippen LogP contribution in [-0.2, 0) is 7.05 Å². The number of carbonyl (C=O) groups excluding carboxylic acids is 1. The number of ether oxygens (including phenoxy) is 1. The average Bonchev–Trinajstić information content (AvgIpc) is 3.27. The van der Waals surface area contributed by atoms with Crippen LogP contribution < -0.4 is 21.3 Å². The smallest absolute Gasteiger partial charge is 0.268 e. The number of hydrogen-bond donors (Lipinski definition) is 2. The molecule has 0 radical (unpaired) electrons. The second kappa shape index (κ2) is 10.6. The molecule has 4 aromatic rings. The summed E-state index contributed by atoms with van der Waals surface area (Å²) in [6, 6.07) is 13.2. The number of rotatable bonds is 5. The molecular weight excluding hydrogens is 446 g/mol. The molecular formula is C27H31N3O3S. The van der Waals surface area contributed by atoms with Gasteiger partial charge in [0, 0.05) is 42.0 Å². The topological polar surface area (TPSA) is 86.3 Å². The lowest BCUT2D eigenvalue weighted by Gasteiger charge is -2.16. The summed E-state index contributed by atoms with van der Waals surface area (Å²) in [5.74, 6) is 1.22. The van der Waals surface area contributed by atoms with Crippen LogP contribution in [0.25, 0.3) is 21.2 Å². The SMILES string of the molecule is CC.CCNC(=O)c1cc2c(-c3cc(N)ccc3Oc3c(C)cccc3C)cn(C)c(=O)c2s1. The van der Waals surface area contributed by atoms with Gasteiger partial charge in [0.15, 0.2) is 0 Å². The number of carbonyl (C=O) groups is 1. The molecule has 0 fully saturated rings. The zero-order valence-electron chi connectivity index (χ0n) is 20.5. The highest BCUT2D eigenvalue weighted by Gasteiger charge is 2.19. The minimum atomic E-state index is -0.193. The maximum Gasteiger partial charge on any atom is 0.268 e. The summed E-state index contributed by atoms with van der Waals surface area (Å²) in [4.78, 5) is 25.8. The van der Waals surface area contributed by atoms with E-state index in [-0.39, 0.29) is 11.5 Å². The third-order valence-electron chi connectivity index (χ3n) is 5.34. The molecule has 178 valence electrons. The first kappa shape index (κ1) is 25.1. The zero-order valence-corrected chi connectivity index (χ0v) is 21.3. The summed E-state index contributed by atoms with van der Waals surface area (Å²) in [7, 11) is 1.70. The van der Waals surface area contributed by atoms with Gasteiger partial charge in [-0.25, -0.2) is 0 Å². The fourth-order valence-electron chi connectivity index (χ4n) is 3.72. The lowest BCUT2D eigenvalue weighted by molar-refractivity contribution is 0.0960. The summed E-state index contributed by atoms with van der Waals surface area (Å²) >= 11 is 1.20. The molecule has 34 heavy (non-hydrogen) atoms. The summed E-state index contributed by atoms with van der Waals surface area (Å²) in [6.45, 7) is 10.4. The Hall–Kier alpha value is -3.58. The van der Waals surface area contributed by atoms with E-state index in [1.54, 1.807) is 25.4 Å². The van der Waals surface area contributed by atoms with Crippen LogP contribution in [0.2, 0.25) is 0 Å². The van der Waals surface area contributed by atoms with Crippen LogP contribution in [0.15, 0.2) is 53.5 Å². The number of para-hydroxylation sites is 1. The first-order valence-electron chi connectivity index (χ1n) is 11.4. The zero-order chi connectivity index (χ0) is 25.0. The van der Waals surface area contributed by atoms with Gasteiger partial charge in [-0.05, 0) is 56.2 Å². The molecule has 2 aromatic carbocycles. The molecule has 0 aliphatic carbocycles. The molecule has 7 heteroatoms. The molecule has 0 aliphatic rings. The van der Waals surface area contributed by atoms with Crippen molar-refractivity contribution in [1.29, 1.82) is 0 Å². The second-order valence-electron chi connectivity index (χ2n) is 7.75. The summed E-state index contributed by atoms with van der Waals surface area (Å²) < 4.78 is 8.42. The number of nitrogens with zero attached hydrogens (tertiary/aromatic N) is 1. The van der Waals surface area contributed by atoms with Crippen molar-refractivity contribution in [2.45, 2.75) is 34.6 Å². The Kier molecular flexibility index (Phi) is 7.79. The van der Waals surface area contributed by atoms with Crippen molar-refractivity contribution in [3.8, 4) is 22.6 Å². The maximum absolute atomic E-state index is 12.8. The van der Waals surface area contributed by atoms with Gasteiger partial charge in [-0.3, -0.25) is 9.59 Å². The molecule has 0 saturated carbocycles. The highest BCUT2D eigenvalue weighted by Crippen LogP contribution is 2.40. The number of aryl methyl sites for hydroxylation is 3. The fourth-order valence-corrected chi connectivity index (χ4v) is 4.80. The van der Waals surface area contributed by atoms with Gasteiger partial charge in [0.05, 0.1) is 4.88 Å². The molecule has 4 rings (SSSR count). The van der Waals surface area contributed by atoms with Crippen molar-refractivity contribution in [3.05, 3.63) is 75.0 Å². The molecule has 0 aliphatic heterocycles. The average molecular weight is 478 g/mol. The normalized spacial score (nSPS) is 10.5. The maximum atomic E-state index is 12.8. The molecule has 2 heterocycles. The van der Waals surface area contributed by atoms with Crippen LogP contribution in [-0.4, -0.2) is 17.0 Å². The number of benzene rings is 2. The molecule has 0 bridgehead atoms. The molecule has 6 nitrogen and oxygen atoms in total. The number of amides is 1. The Morgan fingerprint density at radius 2 is 1.76 bits per heavy atom. The summed E-state index contributed by atoms with van der Waals surface area (Å²) in [5.41, 5.74) is 10.1. The highest BCUT2D eigenvalue weighted by atomic mass is 32.1. The quantitative estimate of drug-likeness (QED) is 0.343. The first-order chi connectivity index (χ1) is 16.3. The number of anilines is 1. The number of nitrogen functional groups attached to an aromatic ring is 1. The van der Waals surface area contributed by atoms with E-state index in [1.165, 1.54) is 15.9 Å². The van der Waals surface area contributed by atoms with Crippen molar-refractivity contribution in [2.75, 3.05) is 12.3 Å². The number of nitrogens with two attached hydrogens (primary N) is 1.